The van der Waals surface area contributed by atoms with Gasteiger partial charge in [-0.3, -0.25) is 9.59 Å². The van der Waals surface area contributed by atoms with Crippen molar-refractivity contribution in [2.24, 2.45) is 0 Å². The molecule has 0 radical (unpaired) electrons. The van der Waals surface area contributed by atoms with Gasteiger partial charge < -0.3 is 15.2 Å². The van der Waals surface area contributed by atoms with E-state index in [0.29, 0.717) is 13.2 Å². The molecule has 36 heavy (non-hydrogen) atoms. The maximum Gasteiger partial charge on any atom is 0.321 e. The number of hydrogen-bond donors (Lipinski definition) is 2. The summed E-state index contributed by atoms with van der Waals surface area (Å²) in [4.78, 5) is 23.5. The normalized spacial score (nSPS) is 12.1. The fraction of sp³-hybridized carbons (Fsp3) is 0.935. The molecule has 5 nitrogen and oxygen atoms in total. The molecule has 5 heteroatoms. The van der Waals surface area contributed by atoms with Crippen molar-refractivity contribution < 1.29 is 19.4 Å². The number of ether oxygens (including phenoxy) is 1. The van der Waals surface area contributed by atoms with Crippen molar-refractivity contribution in [3.63, 3.8) is 0 Å². The Morgan fingerprint density at radius 1 is 0.583 bits per heavy atom. The van der Waals surface area contributed by atoms with E-state index in [1.54, 1.807) is 0 Å². The van der Waals surface area contributed by atoms with E-state index in [9.17, 15) is 14.7 Å². The van der Waals surface area contributed by atoms with E-state index in [0.717, 1.165) is 25.7 Å². The van der Waals surface area contributed by atoms with Crippen LogP contribution in [0.4, 0.5) is 0 Å². The summed E-state index contributed by atoms with van der Waals surface area (Å²) in [6.45, 7) is 5.53. The summed E-state index contributed by atoms with van der Waals surface area (Å²) >= 11 is 0. The van der Waals surface area contributed by atoms with Gasteiger partial charge in [0.05, 0.1) is 13.0 Å². The number of nitrogens with one attached hydrogen (secondary N) is 1. The fourth-order valence-electron chi connectivity index (χ4n) is 4.67. The number of rotatable bonds is 29. The third-order valence-electron chi connectivity index (χ3n) is 7.10. The second-order valence-corrected chi connectivity index (χ2v) is 10.7. The Kier molecular flexibility index (Phi) is 27.6. The summed E-state index contributed by atoms with van der Waals surface area (Å²) in [7, 11) is 0. The fourth-order valence-corrected chi connectivity index (χ4v) is 4.67. The van der Waals surface area contributed by atoms with Crippen LogP contribution in [0.3, 0.4) is 0 Å². The standard InChI is InChI=1S/C31H61NO4/c1-3-5-7-9-11-13-14-15-16-17-18-19-20-22-24-26-32-29(31(34)35)28-30(33)36-27-25-23-21-12-10-8-6-4-2/h29,32H,3-28H2,1-2H3,(H,34,35). The van der Waals surface area contributed by atoms with Gasteiger partial charge in [0.15, 0.2) is 0 Å². The van der Waals surface area contributed by atoms with Crippen molar-refractivity contribution >= 4 is 11.9 Å². The lowest BCUT2D eigenvalue weighted by Gasteiger charge is -2.14. The molecule has 0 bridgehead atoms. The minimum Gasteiger partial charge on any atom is -0.480 e. The smallest absolute Gasteiger partial charge is 0.321 e. The molecule has 1 unspecified atom stereocenters. The zero-order valence-electron chi connectivity index (χ0n) is 24.1. The van der Waals surface area contributed by atoms with Crippen molar-refractivity contribution in [2.45, 2.75) is 174 Å². The SMILES string of the molecule is CCCCCCCCCCCCCCCCCNC(CC(=O)OCCCCCCCCCC)C(=O)O. The Hall–Kier alpha value is -1.10. The first-order chi connectivity index (χ1) is 17.6. The average Bonchev–Trinajstić information content (AvgIpc) is 2.86. The lowest BCUT2D eigenvalue weighted by Crippen LogP contribution is -2.39. The largest absolute Gasteiger partial charge is 0.480 e. The molecule has 0 heterocycles. The molecule has 0 aromatic rings. The number of unbranched alkanes of at least 4 members (excludes halogenated alkanes) is 21. The number of carboxylic acid groups (broad SMARTS) is 1. The van der Waals surface area contributed by atoms with Gasteiger partial charge >= 0.3 is 11.9 Å². The number of esters is 1. The van der Waals surface area contributed by atoms with Crippen LogP contribution in [0.1, 0.15) is 168 Å². The number of hydrogen-bond acceptors (Lipinski definition) is 4. The van der Waals surface area contributed by atoms with Crippen LogP contribution in [0, 0.1) is 0 Å². The Bertz CT molecular complexity index is 483. The first-order valence-electron chi connectivity index (χ1n) is 15.7. The molecule has 0 saturated carbocycles. The van der Waals surface area contributed by atoms with Crippen molar-refractivity contribution in [1.82, 2.24) is 5.32 Å². The van der Waals surface area contributed by atoms with Gasteiger partial charge in [-0.15, -0.1) is 0 Å². The molecular weight excluding hydrogens is 450 g/mol. The molecule has 0 aromatic carbocycles. The molecule has 0 aliphatic heterocycles. The quantitative estimate of drug-likeness (QED) is 0.0774. The molecule has 0 spiro atoms. The molecule has 0 aliphatic carbocycles. The van der Waals surface area contributed by atoms with E-state index in [1.807, 2.05) is 0 Å². The van der Waals surface area contributed by atoms with Crippen LogP contribution in [-0.2, 0) is 14.3 Å². The lowest BCUT2D eigenvalue weighted by molar-refractivity contribution is -0.149. The van der Waals surface area contributed by atoms with E-state index in [2.05, 4.69) is 19.2 Å². The van der Waals surface area contributed by atoms with Crippen LogP contribution < -0.4 is 5.32 Å². The van der Waals surface area contributed by atoms with E-state index in [1.165, 1.54) is 122 Å². The predicted octanol–water partition coefficient (Wildman–Crippen LogP) is 8.97. The minimum absolute atomic E-state index is 0.0922. The van der Waals surface area contributed by atoms with Crippen LogP contribution in [0.2, 0.25) is 0 Å². The summed E-state index contributed by atoms with van der Waals surface area (Å²) in [6, 6.07) is -0.845. The molecule has 214 valence electrons. The van der Waals surface area contributed by atoms with E-state index in [-0.39, 0.29) is 6.42 Å². The summed E-state index contributed by atoms with van der Waals surface area (Å²) in [5.74, 6) is -1.38. The van der Waals surface area contributed by atoms with E-state index >= 15 is 0 Å². The van der Waals surface area contributed by atoms with Gasteiger partial charge in [-0.25, -0.2) is 0 Å². The highest BCUT2D eigenvalue weighted by Crippen LogP contribution is 2.13. The van der Waals surface area contributed by atoms with E-state index < -0.39 is 18.0 Å². The summed E-state index contributed by atoms with van der Waals surface area (Å²) in [5.41, 5.74) is 0. The molecule has 0 rings (SSSR count). The molecular formula is C31H61NO4. The second-order valence-electron chi connectivity index (χ2n) is 10.7. The van der Waals surface area contributed by atoms with Crippen LogP contribution in [0.25, 0.3) is 0 Å². The zero-order chi connectivity index (χ0) is 26.5. The first kappa shape index (κ1) is 34.9. The second kappa shape index (κ2) is 28.5. The maximum atomic E-state index is 12.0. The summed E-state index contributed by atoms with van der Waals surface area (Å²) < 4.78 is 5.26. The van der Waals surface area contributed by atoms with Crippen molar-refractivity contribution in [3.8, 4) is 0 Å². The van der Waals surface area contributed by atoms with Gasteiger partial charge in [-0.1, -0.05) is 149 Å². The topological polar surface area (TPSA) is 75.6 Å². The van der Waals surface area contributed by atoms with Gasteiger partial charge in [-0.05, 0) is 19.4 Å². The predicted molar refractivity (Wildman–Crippen MR) is 153 cm³/mol. The average molecular weight is 512 g/mol. The van der Waals surface area contributed by atoms with Gasteiger partial charge in [0.2, 0.25) is 0 Å². The number of aliphatic carboxylic acids is 1. The Morgan fingerprint density at radius 3 is 1.33 bits per heavy atom. The highest BCUT2D eigenvalue weighted by Gasteiger charge is 2.21. The van der Waals surface area contributed by atoms with Crippen LogP contribution >= 0.6 is 0 Å². The third kappa shape index (κ3) is 26.0. The van der Waals surface area contributed by atoms with Crippen LogP contribution in [-0.4, -0.2) is 36.2 Å². The van der Waals surface area contributed by atoms with Crippen molar-refractivity contribution in [3.05, 3.63) is 0 Å². The van der Waals surface area contributed by atoms with Gasteiger partial charge in [0.25, 0.3) is 0 Å². The summed E-state index contributed by atoms with van der Waals surface area (Å²) in [6.07, 6.45) is 29.2. The Balaban J connectivity index is 3.53. The van der Waals surface area contributed by atoms with Crippen molar-refractivity contribution in [2.75, 3.05) is 13.2 Å². The highest BCUT2D eigenvalue weighted by atomic mass is 16.5. The minimum atomic E-state index is -0.972. The van der Waals surface area contributed by atoms with Crippen LogP contribution in [0.15, 0.2) is 0 Å². The number of carbonyl (C=O) groups is 2. The van der Waals surface area contributed by atoms with Gasteiger partial charge in [-0.2, -0.15) is 0 Å². The van der Waals surface area contributed by atoms with Crippen molar-refractivity contribution in [1.29, 1.82) is 0 Å². The van der Waals surface area contributed by atoms with Gasteiger partial charge in [0.1, 0.15) is 6.04 Å². The highest BCUT2D eigenvalue weighted by molar-refractivity contribution is 5.81. The Labute approximate surface area is 223 Å². The first-order valence-corrected chi connectivity index (χ1v) is 15.7. The third-order valence-corrected chi connectivity index (χ3v) is 7.10. The molecule has 0 amide bonds. The number of carbonyl (C=O) groups excluding carboxylic acids is 1. The van der Waals surface area contributed by atoms with Gasteiger partial charge in [0, 0.05) is 0 Å². The Morgan fingerprint density at radius 2 is 0.944 bits per heavy atom. The van der Waals surface area contributed by atoms with E-state index in [4.69, 9.17) is 4.74 Å². The summed E-state index contributed by atoms with van der Waals surface area (Å²) in [5, 5.41) is 12.4. The molecule has 0 aliphatic rings. The monoisotopic (exact) mass is 511 g/mol. The number of carboxylic acids is 1. The lowest BCUT2D eigenvalue weighted by atomic mass is 10.0. The molecule has 1 atom stereocenters. The molecule has 2 N–H and O–H groups in total. The maximum absolute atomic E-state index is 12.0. The molecule has 0 fully saturated rings. The van der Waals surface area contributed by atoms with Crippen LogP contribution in [0.5, 0.6) is 0 Å². The zero-order valence-corrected chi connectivity index (χ0v) is 24.1. The molecule has 0 saturated heterocycles. The molecule has 0 aromatic heterocycles.